The van der Waals surface area contributed by atoms with Gasteiger partial charge in [0.1, 0.15) is 34.1 Å². The van der Waals surface area contributed by atoms with Crippen LogP contribution in [0.3, 0.4) is 0 Å². The number of rotatable bonds is 4. The Balaban J connectivity index is 0.00000294. The van der Waals surface area contributed by atoms with Gasteiger partial charge in [0.2, 0.25) is 0 Å². The molecule has 1 spiro atoms. The normalized spacial score (nSPS) is 15.9. The molecule has 0 atom stereocenters. The second-order valence-electron chi connectivity index (χ2n) is 9.16. The van der Waals surface area contributed by atoms with E-state index in [0.717, 1.165) is 5.39 Å². The summed E-state index contributed by atoms with van der Waals surface area (Å²) in [4.78, 5) is 32.9. The molecule has 12 heteroatoms. The molecule has 2 aromatic carbocycles. The number of likely N-dealkylation sites (tertiary alicyclic amines) is 1. The number of aromatic nitrogens is 5. The Morgan fingerprint density at radius 1 is 1.08 bits per heavy atom. The van der Waals surface area contributed by atoms with E-state index in [0.29, 0.717) is 65.6 Å². The number of nitrogens with zero attached hydrogens (tertiary/aromatic N) is 6. The first-order chi connectivity index (χ1) is 18.0. The summed E-state index contributed by atoms with van der Waals surface area (Å²) in [6.45, 7) is 0.873. The molecule has 0 aliphatic carbocycles. The van der Waals surface area contributed by atoms with Gasteiger partial charge in [-0.2, -0.15) is 5.21 Å². The minimum absolute atomic E-state index is 0. The smallest absolute Gasteiger partial charge is 0.496 e. The number of ether oxygens (including phenoxy) is 3. The Labute approximate surface area is 240 Å². The zero-order valence-corrected chi connectivity index (χ0v) is 23.3. The summed E-state index contributed by atoms with van der Waals surface area (Å²) in [7, 11) is 3.13. The molecular formula is C26H23N6NaO5. The quantitative estimate of drug-likeness (QED) is 0.330. The molecule has 6 rings (SSSR count). The maximum Gasteiger partial charge on any atom is 1.00 e. The van der Waals surface area contributed by atoms with Crippen LogP contribution in [0.25, 0.3) is 22.3 Å². The fraction of sp³-hybridized carbons (Fsp3) is 0.308. The first kappa shape index (κ1) is 26.1. The number of pyridine rings is 1. The van der Waals surface area contributed by atoms with Crippen LogP contribution >= 0.6 is 0 Å². The van der Waals surface area contributed by atoms with Crippen LogP contribution in [-0.4, -0.2) is 70.0 Å². The topological polar surface area (TPSA) is 131 Å². The molecule has 38 heavy (non-hydrogen) atoms. The van der Waals surface area contributed by atoms with Gasteiger partial charge in [0.05, 0.1) is 26.2 Å². The summed E-state index contributed by atoms with van der Waals surface area (Å²) < 4.78 is 17.4. The van der Waals surface area contributed by atoms with Crippen molar-refractivity contribution in [1.82, 2.24) is 30.5 Å². The molecule has 0 unspecified atom stereocenters. The number of ketones is 1. The summed E-state index contributed by atoms with van der Waals surface area (Å²) in [5, 5.41) is 15.5. The van der Waals surface area contributed by atoms with Crippen molar-refractivity contribution in [2.24, 2.45) is 0 Å². The van der Waals surface area contributed by atoms with Gasteiger partial charge in [-0.25, -0.2) is 4.98 Å². The van der Waals surface area contributed by atoms with Gasteiger partial charge < -0.3 is 24.2 Å². The van der Waals surface area contributed by atoms with Crippen LogP contribution in [0, 0.1) is 0 Å². The van der Waals surface area contributed by atoms with Crippen molar-refractivity contribution in [3.05, 3.63) is 53.7 Å². The third kappa shape index (κ3) is 4.50. The first-order valence-corrected chi connectivity index (χ1v) is 11.9. The van der Waals surface area contributed by atoms with E-state index in [1.807, 2.05) is 12.1 Å². The average Bonchev–Trinajstić information content (AvgIpc) is 3.47. The third-order valence-corrected chi connectivity index (χ3v) is 7.05. The number of piperidine rings is 1. The third-order valence-electron chi connectivity index (χ3n) is 7.05. The Hall–Kier alpha value is -3.54. The molecule has 4 heterocycles. The number of hydrogen-bond donors (Lipinski definition) is 0. The van der Waals surface area contributed by atoms with E-state index < -0.39 is 5.60 Å². The predicted octanol–water partition coefficient (Wildman–Crippen LogP) is -0.295. The van der Waals surface area contributed by atoms with Crippen LogP contribution in [0.1, 0.15) is 40.1 Å². The van der Waals surface area contributed by atoms with Crippen molar-refractivity contribution in [2.75, 3.05) is 27.3 Å². The summed E-state index contributed by atoms with van der Waals surface area (Å²) in [5.41, 5.74) is 1.35. The van der Waals surface area contributed by atoms with Gasteiger partial charge >= 0.3 is 29.6 Å². The number of carbonyl (C=O) groups is 2. The average molecular weight is 522 g/mol. The molecule has 2 aromatic heterocycles. The molecule has 0 radical (unpaired) electrons. The van der Waals surface area contributed by atoms with E-state index in [4.69, 9.17) is 14.2 Å². The molecule has 1 saturated heterocycles. The molecule has 188 valence electrons. The van der Waals surface area contributed by atoms with E-state index in [-0.39, 0.29) is 53.4 Å². The summed E-state index contributed by atoms with van der Waals surface area (Å²) in [6, 6.07) is 12.4. The standard InChI is InChI=1S/C26H23N6O5.Na/c1-35-21-5-3-4-16-22(36-2)13-18(27-23(16)21)25(34)32-10-8-26(9-11-32)14-19(33)17-12-15(6-7-20(17)37-26)24-28-30-31-29-24;/h3-7,12-13H,8-11,14H2,1-2H3;/q-1;+1. The Kier molecular flexibility index (Phi) is 7.08. The van der Waals surface area contributed by atoms with E-state index in [1.165, 1.54) is 0 Å². The van der Waals surface area contributed by atoms with Crippen LogP contribution in [0.15, 0.2) is 42.5 Å². The Bertz CT molecular complexity index is 1520. The van der Waals surface area contributed by atoms with Crippen LogP contribution in [-0.2, 0) is 0 Å². The van der Waals surface area contributed by atoms with Crippen molar-refractivity contribution in [1.29, 1.82) is 0 Å². The minimum Gasteiger partial charge on any atom is -0.496 e. The molecule has 11 nitrogen and oxygen atoms in total. The molecule has 1 amide bonds. The zero-order valence-electron chi connectivity index (χ0n) is 21.3. The molecule has 0 bridgehead atoms. The summed E-state index contributed by atoms with van der Waals surface area (Å²) >= 11 is 0. The van der Waals surface area contributed by atoms with Crippen LogP contribution in [0.5, 0.6) is 17.2 Å². The number of hydrogen-bond acceptors (Lipinski definition) is 9. The Morgan fingerprint density at radius 3 is 2.58 bits per heavy atom. The molecule has 2 aliphatic rings. The molecule has 0 saturated carbocycles. The van der Waals surface area contributed by atoms with Crippen molar-refractivity contribution in [2.45, 2.75) is 24.9 Å². The Morgan fingerprint density at radius 2 is 1.87 bits per heavy atom. The van der Waals surface area contributed by atoms with Gasteiger partial charge in [-0.05, 0) is 29.8 Å². The number of fused-ring (bicyclic) bond motifs is 2. The number of Topliss-reactive ketones (excluding diaryl/α,β-unsaturated/α-hetero) is 1. The number of tetrazole rings is 1. The summed E-state index contributed by atoms with van der Waals surface area (Å²) in [6.07, 6.45) is 1.29. The molecular weight excluding hydrogens is 499 g/mol. The molecule has 4 aromatic rings. The van der Waals surface area contributed by atoms with Crippen molar-refractivity contribution < 1.29 is 53.4 Å². The van der Waals surface area contributed by atoms with Gasteiger partial charge in [-0.1, -0.05) is 12.1 Å². The second kappa shape index (κ2) is 10.3. The van der Waals surface area contributed by atoms with Gasteiger partial charge in [0.25, 0.3) is 5.91 Å². The minimum atomic E-state index is -0.653. The first-order valence-electron chi connectivity index (χ1n) is 11.9. The van der Waals surface area contributed by atoms with E-state index >= 15 is 0 Å². The van der Waals surface area contributed by atoms with Crippen LogP contribution < -0.4 is 48.9 Å². The monoisotopic (exact) mass is 522 g/mol. The van der Waals surface area contributed by atoms with Crippen molar-refractivity contribution >= 4 is 22.6 Å². The van der Waals surface area contributed by atoms with Gasteiger partial charge in [0, 0.05) is 43.2 Å². The summed E-state index contributed by atoms with van der Waals surface area (Å²) in [5.74, 6) is 1.79. The molecule has 2 aliphatic heterocycles. The van der Waals surface area contributed by atoms with Gasteiger partial charge in [-0.3, -0.25) is 19.9 Å². The number of methoxy groups -OCH3 is 2. The predicted molar refractivity (Wildman–Crippen MR) is 131 cm³/mol. The fourth-order valence-electron chi connectivity index (χ4n) is 5.09. The van der Waals surface area contributed by atoms with Gasteiger partial charge in [0.15, 0.2) is 5.78 Å². The molecule has 1 fully saturated rings. The number of carbonyl (C=O) groups excluding carboxylic acids is 2. The van der Waals surface area contributed by atoms with E-state index in [1.54, 1.807) is 49.5 Å². The largest absolute Gasteiger partial charge is 1.00 e. The van der Waals surface area contributed by atoms with Crippen LogP contribution in [0.4, 0.5) is 0 Å². The van der Waals surface area contributed by atoms with Gasteiger partial charge in [-0.15, -0.1) is 0 Å². The maximum absolute atomic E-state index is 13.4. The number of para-hydroxylation sites is 1. The number of benzene rings is 2. The second-order valence-corrected chi connectivity index (χ2v) is 9.16. The van der Waals surface area contributed by atoms with E-state index in [2.05, 4.69) is 25.6 Å². The number of amides is 1. The van der Waals surface area contributed by atoms with Crippen molar-refractivity contribution in [3.8, 4) is 28.6 Å². The SMILES string of the molecule is COc1cc(C(=O)N2CCC3(CC2)CC(=O)c2cc(-c4nnn[n-]4)ccc2O3)nc2c(OC)cccc12.[Na+]. The fourth-order valence-corrected chi connectivity index (χ4v) is 5.09. The van der Waals surface area contributed by atoms with Crippen molar-refractivity contribution in [3.63, 3.8) is 0 Å². The van der Waals surface area contributed by atoms with Crippen LogP contribution in [0.2, 0.25) is 0 Å². The molecule has 0 N–H and O–H groups in total. The zero-order chi connectivity index (χ0) is 25.6. The van der Waals surface area contributed by atoms with E-state index in [9.17, 15) is 9.59 Å². The maximum atomic E-state index is 13.4.